The fourth-order valence-electron chi connectivity index (χ4n) is 1.88. The van der Waals surface area contributed by atoms with Gasteiger partial charge in [0, 0.05) is 23.4 Å². The summed E-state index contributed by atoms with van der Waals surface area (Å²) < 4.78 is 1.08. The van der Waals surface area contributed by atoms with Crippen LogP contribution in [0.15, 0.2) is 29.6 Å². The molecule has 1 unspecified atom stereocenters. The largest absolute Gasteiger partial charge is 0.387 e. The molecular formula is C14H16N2O3S. The lowest BCUT2D eigenvalue weighted by Crippen LogP contribution is -2.41. The Labute approximate surface area is 120 Å². The summed E-state index contributed by atoms with van der Waals surface area (Å²) in [5.41, 5.74) is 0.766. The molecule has 0 radical (unpaired) electrons. The number of hydrogen-bond donors (Lipinski definition) is 3. The van der Waals surface area contributed by atoms with Crippen molar-refractivity contribution < 1.29 is 14.7 Å². The molecule has 0 aliphatic carbocycles. The summed E-state index contributed by atoms with van der Waals surface area (Å²) in [7, 11) is 0. The number of rotatable bonds is 4. The first-order valence-corrected chi connectivity index (χ1v) is 7.21. The summed E-state index contributed by atoms with van der Waals surface area (Å²) in [5, 5.41) is 17.8. The van der Waals surface area contributed by atoms with Crippen molar-refractivity contribution >= 4 is 33.2 Å². The van der Waals surface area contributed by atoms with Crippen LogP contribution in [0.5, 0.6) is 0 Å². The number of aliphatic hydroxyl groups is 1. The van der Waals surface area contributed by atoms with Gasteiger partial charge in [0.2, 0.25) is 0 Å². The molecule has 2 amide bonds. The van der Waals surface area contributed by atoms with E-state index in [9.17, 15) is 14.7 Å². The first-order chi connectivity index (χ1) is 9.63. The van der Waals surface area contributed by atoms with E-state index in [-0.39, 0.29) is 6.54 Å². The fourth-order valence-corrected chi connectivity index (χ4v) is 2.88. The summed E-state index contributed by atoms with van der Waals surface area (Å²) in [4.78, 5) is 22.7. The molecule has 1 aromatic heterocycles. The first-order valence-electron chi connectivity index (χ1n) is 6.33. The molecule has 0 aliphatic heterocycles. The van der Waals surface area contributed by atoms with Gasteiger partial charge in [0.05, 0.1) is 6.10 Å². The van der Waals surface area contributed by atoms with Crippen LogP contribution in [0, 0.1) is 0 Å². The van der Waals surface area contributed by atoms with Crippen molar-refractivity contribution in [1.82, 2.24) is 10.6 Å². The second kappa shape index (κ2) is 6.49. The van der Waals surface area contributed by atoms with Crippen molar-refractivity contribution in [2.75, 3.05) is 13.1 Å². The zero-order valence-electron chi connectivity index (χ0n) is 11.1. The topological polar surface area (TPSA) is 78.4 Å². The number of hydrogen-bond acceptors (Lipinski definition) is 4. The molecule has 1 atom stereocenters. The number of aliphatic hydroxyl groups excluding tert-OH is 1. The maximum atomic E-state index is 11.4. The summed E-state index contributed by atoms with van der Waals surface area (Å²) in [5.74, 6) is -1.42. The van der Waals surface area contributed by atoms with E-state index in [1.54, 1.807) is 6.92 Å². The van der Waals surface area contributed by atoms with Crippen molar-refractivity contribution in [2.24, 2.45) is 0 Å². The number of nitrogens with one attached hydrogen (secondary N) is 2. The molecule has 1 aromatic carbocycles. The second-order valence-electron chi connectivity index (χ2n) is 4.27. The van der Waals surface area contributed by atoms with Gasteiger partial charge in [-0.25, -0.2) is 0 Å². The molecule has 0 saturated heterocycles. The van der Waals surface area contributed by atoms with Gasteiger partial charge in [0.25, 0.3) is 0 Å². The summed E-state index contributed by atoms with van der Waals surface area (Å²) in [6.45, 7) is 2.14. The first kappa shape index (κ1) is 14.5. The van der Waals surface area contributed by atoms with Crippen molar-refractivity contribution in [3.05, 3.63) is 35.2 Å². The van der Waals surface area contributed by atoms with Crippen LogP contribution in [0.3, 0.4) is 0 Å². The minimum Gasteiger partial charge on any atom is -0.387 e. The average Bonchev–Trinajstić information content (AvgIpc) is 2.88. The van der Waals surface area contributed by atoms with Crippen LogP contribution in [-0.4, -0.2) is 30.0 Å². The van der Waals surface area contributed by atoms with E-state index in [0.29, 0.717) is 6.54 Å². The van der Waals surface area contributed by atoms with Gasteiger partial charge in [-0.05, 0) is 23.8 Å². The minimum absolute atomic E-state index is 0.0106. The highest BCUT2D eigenvalue weighted by atomic mass is 32.1. The Morgan fingerprint density at radius 1 is 1.25 bits per heavy atom. The van der Waals surface area contributed by atoms with E-state index in [1.807, 2.05) is 29.6 Å². The van der Waals surface area contributed by atoms with E-state index in [2.05, 4.69) is 10.6 Å². The standard InChI is InChI=1S/C14H16N2O3S/c1-2-15-13(18)14(19)16-7-11(17)10-8-20-12-6-4-3-5-9(10)12/h3-6,8,11,17H,2,7H2,1H3,(H,15,18)(H,16,19). The number of likely N-dealkylation sites (N-methyl/N-ethyl adjacent to an activating group) is 1. The molecule has 0 saturated carbocycles. The fraction of sp³-hybridized carbons (Fsp3) is 0.286. The quantitative estimate of drug-likeness (QED) is 0.741. The molecule has 5 nitrogen and oxygen atoms in total. The summed E-state index contributed by atoms with van der Waals surface area (Å²) >= 11 is 1.54. The van der Waals surface area contributed by atoms with Crippen LogP contribution in [0.4, 0.5) is 0 Å². The third-order valence-electron chi connectivity index (χ3n) is 2.87. The molecule has 0 fully saturated rings. The van der Waals surface area contributed by atoms with Gasteiger partial charge in [-0.2, -0.15) is 0 Å². The van der Waals surface area contributed by atoms with Gasteiger partial charge in [-0.1, -0.05) is 18.2 Å². The zero-order chi connectivity index (χ0) is 14.5. The molecule has 0 bridgehead atoms. The van der Waals surface area contributed by atoms with Gasteiger partial charge < -0.3 is 15.7 Å². The normalized spacial score (nSPS) is 12.1. The van der Waals surface area contributed by atoms with Gasteiger partial charge in [-0.3, -0.25) is 9.59 Å². The van der Waals surface area contributed by atoms with E-state index < -0.39 is 17.9 Å². The monoisotopic (exact) mass is 292 g/mol. The average molecular weight is 292 g/mol. The van der Waals surface area contributed by atoms with Crippen molar-refractivity contribution in [3.8, 4) is 0 Å². The minimum atomic E-state index is -0.829. The Bertz CT molecular complexity index is 624. The van der Waals surface area contributed by atoms with Crippen LogP contribution in [0.1, 0.15) is 18.6 Å². The summed E-state index contributed by atoms with van der Waals surface area (Å²) in [6.07, 6.45) is -0.829. The molecular weight excluding hydrogens is 276 g/mol. The third kappa shape index (κ3) is 3.15. The molecule has 106 valence electrons. The van der Waals surface area contributed by atoms with E-state index in [4.69, 9.17) is 0 Å². The van der Waals surface area contributed by atoms with E-state index in [0.717, 1.165) is 15.6 Å². The van der Waals surface area contributed by atoms with Crippen LogP contribution < -0.4 is 10.6 Å². The van der Waals surface area contributed by atoms with E-state index >= 15 is 0 Å². The van der Waals surface area contributed by atoms with Gasteiger partial charge >= 0.3 is 11.8 Å². The molecule has 6 heteroatoms. The molecule has 20 heavy (non-hydrogen) atoms. The van der Waals surface area contributed by atoms with Crippen molar-refractivity contribution in [3.63, 3.8) is 0 Å². The highest BCUT2D eigenvalue weighted by Gasteiger charge is 2.17. The molecule has 3 N–H and O–H groups in total. The molecule has 0 spiro atoms. The van der Waals surface area contributed by atoms with E-state index in [1.165, 1.54) is 11.3 Å². The number of thiophene rings is 1. The van der Waals surface area contributed by atoms with Gasteiger partial charge in [0.15, 0.2) is 0 Å². The molecule has 2 aromatic rings. The van der Waals surface area contributed by atoms with Crippen LogP contribution in [-0.2, 0) is 9.59 Å². The number of carbonyl (C=O) groups excluding carboxylic acids is 2. The maximum Gasteiger partial charge on any atom is 0.309 e. The highest BCUT2D eigenvalue weighted by Crippen LogP contribution is 2.29. The lowest BCUT2D eigenvalue weighted by Gasteiger charge is -2.11. The maximum absolute atomic E-state index is 11.4. The predicted octanol–water partition coefficient (Wildman–Crippen LogP) is 1.19. The van der Waals surface area contributed by atoms with Gasteiger partial charge in [0.1, 0.15) is 0 Å². The lowest BCUT2D eigenvalue weighted by atomic mass is 10.1. The van der Waals surface area contributed by atoms with Crippen LogP contribution in [0.25, 0.3) is 10.1 Å². The number of carbonyl (C=O) groups is 2. The van der Waals surface area contributed by atoms with Gasteiger partial charge in [-0.15, -0.1) is 11.3 Å². The second-order valence-corrected chi connectivity index (χ2v) is 5.18. The molecule has 0 aliphatic rings. The zero-order valence-corrected chi connectivity index (χ0v) is 11.9. The van der Waals surface area contributed by atoms with Crippen LogP contribution >= 0.6 is 11.3 Å². The Hall–Kier alpha value is -1.92. The third-order valence-corrected chi connectivity index (χ3v) is 3.85. The molecule has 2 rings (SSSR count). The summed E-state index contributed by atoms with van der Waals surface area (Å²) in [6, 6.07) is 7.74. The smallest absolute Gasteiger partial charge is 0.309 e. The number of benzene rings is 1. The number of amides is 2. The number of fused-ring (bicyclic) bond motifs is 1. The Morgan fingerprint density at radius 2 is 1.95 bits per heavy atom. The van der Waals surface area contributed by atoms with Crippen LogP contribution in [0.2, 0.25) is 0 Å². The predicted molar refractivity (Wildman–Crippen MR) is 78.5 cm³/mol. The Kier molecular flexibility index (Phi) is 4.70. The van der Waals surface area contributed by atoms with Crippen molar-refractivity contribution in [2.45, 2.75) is 13.0 Å². The lowest BCUT2D eigenvalue weighted by molar-refractivity contribution is -0.139. The Morgan fingerprint density at radius 3 is 2.70 bits per heavy atom. The Balaban J connectivity index is 2.00. The SMILES string of the molecule is CCNC(=O)C(=O)NCC(O)c1csc2ccccc12. The molecule has 1 heterocycles. The van der Waals surface area contributed by atoms with Crippen molar-refractivity contribution in [1.29, 1.82) is 0 Å². The highest BCUT2D eigenvalue weighted by molar-refractivity contribution is 7.17.